The van der Waals surface area contributed by atoms with Crippen molar-refractivity contribution >= 4 is 5.82 Å². The topological polar surface area (TPSA) is 55.0 Å². The molecule has 0 aliphatic carbocycles. The van der Waals surface area contributed by atoms with Gasteiger partial charge < -0.3 is 10.6 Å². The monoisotopic (exact) mass is 268 g/mol. The Balaban J connectivity index is 2.05. The van der Waals surface area contributed by atoms with E-state index in [0.717, 1.165) is 30.2 Å². The molecule has 1 aromatic heterocycles. The van der Waals surface area contributed by atoms with Gasteiger partial charge in [0, 0.05) is 19.3 Å². The highest BCUT2D eigenvalue weighted by Gasteiger charge is 2.28. The smallest absolute Gasteiger partial charge is 0.150 e. The Hall–Kier alpha value is -1.94. The van der Waals surface area contributed by atoms with E-state index in [1.807, 2.05) is 20.0 Å². The number of benzene rings is 1. The summed E-state index contributed by atoms with van der Waals surface area (Å²) in [7, 11) is 0. The second kappa shape index (κ2) is 5.21. The van der Waals surface area contributed by atoms with Crippen LogP contribution in [0.5, 0.6) is 0 Å². The van der Waals surface area contributed by atoms with E-state index >= 15 is 0 Å². The Morgan fingerprint density at radius 1 is 1.30 bits per heavy atom. The summed E-state index contributed by atoms with van der Waals surface area (Å²) >= 11 is 0. The first-order valence-electron chi connectivity index (χ1n) is 7.05. The first-order chi connectivity index (χ1) is 9.70. The molecule has 1 aliphatic heterocycles. The molecule has 2 heterocycles. The Kier molecular flexibility index (Phi) is 3.40. The van der Waals surface area contributed by atoms with Crippen LogP contribution in [0.2, 0.25) is 0 Å². The van der Waals surface area contributed by atoms with Gasteiger partial charge >= 0.3 is 0 Å². The highest BCUT2D eigenvalue weighted by Crippen LogP contribution is 2.33. The summed E-state index contributed by atoms with van der Waals surface area (Å²) in [5.41, 5.74) is 10.7. The van der Waals surface area contributed by atoms with E-state index in [0.29, 0.717) is 6.54 Å². The molecular formula is C16H20N4. The van der Waals surface area contributed by atoms with Crippen molar-refractivity contribution in [2.45, 2.75) is 26.3 Å². The second-order valence-electron chi connectivity index (χ2n) is 5.31. The third-order valence-corrected chi connectivity index (χ3v) is 3.96. The number of hydrogen-bond donors (Lipinski definition) is 1. The molecule has 20 heavy (non-hydrogen) atoms. The van der Waals surface area contributed by atoms with Crippen molar-refractivity contribution < 1.29 is 0 Å². The van der Waals surface area contributed by atoms with Crippen LogP contribution in [0.4, 0.5) is 5.82 Å². The second-order valence-corrected chi connectivity index (χ2v) is 5.31. The molecule has 2 N–H and O–H groups in total. The van der Waals surface area contributed by atoms with Gasteiger partial charge in [-0.1, -0.05) is 24.3 Å². The van der Waals surface area contributed by atoms with Gasteiger partial charge in [-0.3, -0.25) is 4.98 Å². The first-order valence-corrected chi connectivity index (χ1v) is 7.05. The van der Waals surface area contributed by atoms with Crippen molar-refractivity contribution in [2.75, 3.05) is 18.0 Å². The van der Waals surface area contributed by atoms with Crippen molar-refractivity contribution in [1.29, 1.82) is 0 Å². The van der Waals surface area contributed by atoms with Crippen LogP contribution in [-0.2, 0) is 6.42 Å². The minimum absolute atomic E-state index is 0.190. The number of fused-ring (bicyclic) bond motifs is 1. The summed E-state index contributed by atoms with van der Waals surface area (Å²) in [5.74, 6) is 0.968. The Morgan fingerprint density at radius 2 is 2.10 bits per heavy atom. The van der Waals surface area contributed by atoms with Crippen LogP contribution < -0.4 is 10.6 Å². The summed E-state index contributed by atoms with van der Waals surface area (Å²) in [4.78, 5) is 11.4. The van der Waals surface area contributed by atoms with E-state index in [1.165, 1.54) is 11.1 Å². The van der Waals surface area contributed by atoms with Crippen molar-refractivity contribution in [3.8, 4) is 0 Å². The minimum Gasteiger partial charge on any atom is -0.346 e. The lowest BCUT2D eigenvalue weighted by molar-refractivity contribution is 0.580. The quantitative estimate of drug-likeness (QED) is 0.907. The van der Waals surface area contributed by atoms with Crippen LogP contribution in [0.1, 0.15) is 28.6 Å². The Labute approximate surface area is 119 Å². The van der Waals surface area contributed by atoms with Crippen molar-refractivity contribution in [3.63, 3.8) is 0 Å². The SMILES string of the molecule is Cc1cnc(C)c(N2CCc3ccccc3C2CN)n1. The molecule has 1 aromatic carbocycles. The average Bonchev–Trinajstić information content (AvgIpc) is 2.48. The summed E-state index contributed by atoms with van der Waals surface area (Å²) < 4.78 is 0. The zero-order valence-corrected chi connectivity index (χ0v) is 12.0. The van der Waals surface area contributed by atoms with Crippen LogP contribution >= 0.6 is 0 Å². The van der Waals surface area contributed by atoms with Gasteiger partial charge in [0.1, 0.15) is 0 Å². The molecule has 0 spiro atoms. The van der Waals surface area contributed by atoms with Gasteiger partial charge in [0.2, 0.25) is 0 Å². The minimum atomic E-state index is 0.190. The van der Waals surface area contributed by atoms with Crippen LogP contribution in [0.25, 0.3) is 0 Å². The van der Waals surface area contributed by atoms with E-state index in [4.69, 9.17) is 5.73 Å². The Bertz CT molecular complexity index is 624. The molecule has 0 radical (unpaired) electrons. The zero-order valence-electron chi connectivity index (χ0n) is 12.0. The molecule has 1 unspecified atom stereocenters. The van der Waals surface area contributed by atoms with E-state index < -0.39 is 0 Å². The predicted octanol–water partition coefficient (Wildman–Crippen LogP) is 2.16. The average molecular weight is 268 g/mol. The number of nitrogens with two attached hydrogens (primary N) is 1. The third kappa shape index (κ3) is 2.16. The lowest BCUT2D eigenvalue weighted by atomic mass is 9.92. The molecule has 0 fully saturated rings. The lowest BCUT2D eigenvalue weighted by Gasteiger charge is -2.38. The first kappa shape index (κ1) is 13.1. The maximum Gasteiger partial charge on any atom is 0.150 e. The van der Waals surface area contributed by atoms with E-state index in [2.05, 4.69) is 39.1 Å². The van der Waals surface area contributed by atoms with Gasteiger partial charge in [-0.25, -0.2) is 4.98 Å². The molecular weight excluding hydrogens is 248 g/mol. The van der Waals surface area contributed by atoms with Crippen LogP contribution in [0.3, 0.4) is 0 Å². The zero-order chi connectivity index (χ0) is 14.1. The molecule has 0 amide bonds. The van der Waals surface area contributed by atoms with Crippen LogP contribution in [0, 0.1) is 13.8 Å². The molecule has 1 aliphatic rings. The van der Waals surface area contributed by atoms with Gasteiger partial charge in [-0.15, -0.1) is 0 Å². The Morgan fingerprint density at radius 3 is 2.90 bits per heavy atom. The fraction of sp³-hybridized carbons (Fsp3) is 0.375. The number of aryl methyl sites for hydroxylation is 2. The summed E-state index contributed by atoms with van der Waals surface area (Å²) in [6, 6.07) is 8.75. The molecule has 4 heteroatoms. The highest BCUT2D eigenvalue weighted by molar-refractivity contribution is 5.50. The number of anilines is 1. The van der Waals surface area contributed by atoms with Crippen molar-refractivity contribution in [2.24, 2.45) is 5.73 Å². The standard InChI is InChI=1S/C16H20N4/c1-11-10-18-12(2)16(19-11)20-8-7-13-5-3-4-6-14(13)15(20)9-17/h3-6,10,15H,7-9,17H2,1-2H3. The highest BCUT2D eigenvalue weighted by atomic mass is 15.2. The van der Waals surface area contributed by atoms with Gasteiger partial charge in [0.05, 0.1) is 17.4 Å². The number of aromatic nitrogens is 2. The van der Waals surface area contributed by atoms with E-state index in [9.17, 15) is 0 Å². The number of rotatable bonds is 2. The lowest BCUT2D eigenvalue weighted by Crippen LogP contribution is -2.40. The summed E-state index contributed by atoms with van der Waals surface area (Å²) in [6.07, 6.45) is 2.84. The number of hydrogen-bond acceptors (Lipinski definition) is 4. The summed E-state index contributed by atoms with van der Waals surface area (Å²) in [5, 5.41) is 0. The fourth-order valence-electron chi connectivity index (χ4n) is 2.96. The maximum atomic E-state index is 6.04. The van der Waals surface area contributed by atoms with Gasteiger partial charge in [-0.05, 0) is 31.4 Å². The molecule has 1 atom stereocenters. The molecule has 0 bridgehead atoms. The normalized spacial score (nSPS) is 17.9. The molecule has 0 saturated heterocycles. The van der Waals surface area contributed by atoms with Crippen molar-refractivity contribution in [1.82, 2.24) is 9.97 Å². The van der Waals surface area contributed by atoms with Gasteiger partial charge in [0.25, 0.3) is 0 Å². The van der Waals surface area contributed by atoms with Gasteiger partial charge in [-0.2, -0.15) is 0 Å². The van der Waals surface area contributed by atoms with E-state index in [-0.39, 0.29) is 6.04 Å². The fourth-order valence-corrected chi connectivity index (χ4v) is 2.96. The largest absolute Gasteiger partial charge is 0.346 e. The molecule has 104 valence electrons. The third-order valence-electron chi connectivity index (χ3n) is 3.96. The predicted molar refractivity (Wildman–Crippen MR) is 80.8 cm³/mol. The molecule has 2 aromatic rings. The van der Waals surface area contributed by atoms with Crippen molar-refractivity contribution in [3.05, 3.63) is 53.0 Å². The molecule has 4 nitrogen and oxygen atoms in total. The van der Waals surface area contributed by atoms with E-state index in [1.54, 1.807) is 0 Å². The molecule has 0 saturated carbocycles. The van der Waals surface area contributed by atoms with Crippen LogP contribution in [0.15, 0.2) is 30.5 Å². The van der Waals surface area contributed by atoms with Crippen LogP contribution in [-0.4, -0.2) is 23.1 Å². The maximum absolute atomic E-state index is 6.04. The number of nitrogens with zero attached hydrogens (tertiary/aromatic N) is 3. The summed E-state index contributed by atoms with van der Waals surface area (Å²) in [6.45, 7) is 5.52. The van der Waals surface area contributed by atoms with Gasteiger partial charge in [0.15, 0.2) is 5.82 Å². The molecule has 3 rings (SSSR count).